The monoisotopic (exact) mass is 563 g/mol. The smallest absolute Gasteiger partial charge is 0.248 e. The van der Waals surface area contributed by atoms with Crippen molar-refractivity contribution in [2.75, 3.05) is 19.6 Å². The summed E-state index contributed by atoms with van der Waals surface area (Å²) in [7, 11) is 0. The first kappa shape index (κ1) is 29.5. The van der Waals surface area contributed by atoms with Crippen molar-refractivity contribution in [1.29, 1.82) is 0 Å². The molecule has 0 aromatic heterocycles. The number of nitrogens with zero attached hydrogens (tertiary/aromatic N) is 2. The van der Waals surface area contributed by atoms with Crippen LogP contribution in [0.1, 0.15) is 75.8 Å². The van der Waals surface area contributed by atoms with Gasteiger partial charge in [-0.05, 0) is 73.4 Å². The topological polar surface area (TPSA) is 102 Å². The van der Waals surface area contributed by atoms with E-state index in [2.05, 4.69) is 29.3 Å². The molecule has 2 aliphatic heterocycles. The van der Waals surface area contributed by atoms with Crippen molar-refractivity contribution in [3.63, 3.8) is 0 Å². The van der Waals surface area contributed by atoms with Crippen LogP contribution in [0.4, 0.5) is 0 Å². The fourth-order valence-electron chi connectivity index (χ4n) is 6.80. The molecule has 8 nitrogen and oxygen atoms in total. The third-order valence-electron chi connectivity index (χ3n) is 9.30. The lowest BCUT2D eigenvalue weighted by Gasteiger charge is -2.52. The maximum Gasteiger partial charge on any atom is 0.248 e. The average molecular weight is 564 g/mol. The molecule has 2 heterocycles. The number of piperidine rings is 1. The molecule has 2 aromatic carbocycles. The van der Waals surface area contributed by atoms with Gasteiger partial charge in [0, 0.05) is 26.2 Å². The molecule has 2 saturated heterocycles. The summed E-state index contributed by atoms with van der Waals surface area (Å²) in [5, 5.41) is 23.5. The van der Waals surface area contributed by atoms with Crippen LogP contribution in [0.5, 0.6) is 11.5 Å². The summed E-state index contributed by atoms with van der Waals surface area (Å²) in [5.41, 5.74) is 1.12. The molecular weight excluding hydrogens is 518 g/mol. The third kappa shape index (κ3) is 6.60. The Morgan fingerprint density at radius 2 is 1.73 bits per heavy atom. The Morgan fingerprint density at radius 3 is 2.41 bits per heavy atom. The van der Waals surface area contributed by atoms with Crippen LogP contribution in [0.3, 0.4) is 0 Å². The molecule has 3 N–H and O–H groups in total. The van der Waals surface area contributed by atoms with Gasteiger partial charge in [-0.2, -0.15) is 0 Å². The molecule has 0 radical (unpaired) electrons. The minimum absolute atomic E-state index is 0.0254. The first-order valence-electron chi connectivity index (χ1n) is 15.4. The molecule has 1 saturated carbocycles. The lowest BCUT2D eigenvalue weighted by atomic mass is 9.78. The zero-order valence-corrected chi connectivity index (χ0v) is 24.3. The van der Waals surface area contributed by atoms with Gasteiger partial charge < -0.3 is 25.2 Å². The van der Waals surface area contributed by atoms with Crippen LogP contribution in [0, 0.1) is 5.92 Å². The molecule has 2 amide bonds. The van der Waals surface area contributed by atoms with E-state index in [9.17, 15) is 19.8 Å². The number of aliphatic hydroxyl groups is 2. The van der Waals surface area contributed by atoms with E-state index >= 15 is 0 Å². The van der Waals surface area contributed by atoms with Gasteiger partial charge in [-0.15, -0.1) is 0 Å². The van der Waals surface area contributed by atoms with Crippen molar-refractivity contribution in [2.45, 2.75) is 95.5 Å². The zero-order chi connectivity index (χ0) is 28.8. The number of aliphatic hydroxyl groups excluding tert-OH is 2. The van der Waals surface area contributed by atoms with Crippen LogP contribution in [-0.4, -0.2) is 69.1 Å². The van der Waals surface area contributed by atoms with E-state index in [-0.39, 0.29) is 24.3 Å². The van der Waals surface area contributed by atoms with Gasteiger partial charge >= 0.3 is 0 Å². The number of unbranched alkanes of at least 4 members (excludes halogenated alkanes) is 1. The molecule has 3 aliphatic rings. The standard InChI is InChI=1S/C33H45N3O5/c1-2-3-18-36-31(39)29(30(38)26-9-5-4-6-10-26)34-32(40)33(36)16-19-35(20-17-33)22-24-12-14-27(15-13-24)41-28-11-7-8-25(21-28)23-37/h7-8,11-15,21,26,29-30,37-38H,2-6,9-10,16-20,22-23H2,1H3,(H,34,40)/t29-,30-/m1/s1. The number of rotatable bonds is 10. The lowest BCUT2D eigenvalue weighted by Crippen LogP contribution is -2.75. The van der Waals surface area contributed by atoms with E-state index in [1.54, 1.807) is 0 Å². The van der Waals surface area contributed by atoms with E-state index in [1.165, 1.54) is 6.42 Å². The molecule has 8 heteroatoms. The van der Waals surface area contributed by atoms with Gasteiger partial charge in [0.2, 0.25) is 11.8 Å². The SMILES string of the molecule is CCCCN1C(=O)[C@@H]([C@H](O)C2CCCCC2)NC(=O)C12CCN(Cc1ccc(Oc3cccc(CO)c3)cc1)CC2. The quantitative estimate of drug-likeness (QED) is 0.397. The number of piperazine rings is 1. The first-order valence-corrected chi connectivity index (χ1v) is 15.4. The third-order valence-corrected chi connectivity index (χ3v) is 9.30. The van der Waals surface area contributed by atoms with Crippen LogP contribution in [0.2, 0.25) is 0 Å². The van der Waals surface area contributed by atoms with Crippen molar-refractivity contribution in [2.24, 2.45) is 5.92 Å². The minimum Gasteiger partial charge on any atom is -0.457 e. The van der Waals surface area contributed by atoms with Crippen molar-refractivity contribution < 1.29 is 24.5 Å². The Kier molecular flexibility index (Phi) is 9.63. The minimum atomic E-state index is -0.841. The molecule has 41 heavy (non-hydrogen) atoms. The number of amides is 2. The number of carbonyl (C=O) groups excluding carboxylic acids is 2. The van der Waals surface area contributed by atoms with Crippen LogP contribution in [0.15, 0.2) is 48.5 Å². The van der Waals surface area contributed by atoms with E-state index in [1.807, 2.05) is 41.3 Å². The van der Waals surface area contributed by atoms with Crippen LogP contribution in [0.25, 0.3) is 0 Å². The van der Waals surface area contributed by atoms with Gasteiger partial charge in [-0.1, -0.05) is 56.9 Å². The molecule has 2 aromatic rings. The summed E-state index contributed by atoms with van der Waals surface area (Å²) < 4.78 is 5.95. The number of carbonyl (C=O) groups is 2. The Balaban J connectivity index is 1.21. The summed E-state index contributed by atoms with van der Waals surface area (Å²) in [6, 6.07) is 14.6. The Morgan fingerprint density at radius 1 is 1.00 bits per heavy atom. The average Bonchev–Trinajstić information content (AvgIpc) is 3.01. The van der Waals surface area contributed by atoms with Crippen molar-refractivity contribution in [3.8, 4) is 11.5 Å². The predicted molar refractivity (Wildman–Crippen MR) is 157 cm³/mol. The molecule has 3 fully saturated rings. The highest BCUT2D eigenvalue weighted by atomic mass is 16.5. The highest BCUT2D eigenvalue weighted by Crippen LogP contribution is 2.36. The second-order valence-corrected chi connectivity index (χ2v) is 12.0. The molecule has 5 rings (SSSR count). The van der Waals surface area contributed by atoms with E-state index in [0.717, 1.165) is 61.9 Å². The van der Waals surface area contributed by atoms with Gasteiger partial charge in [0.05, 0.1) is 12.7 Å². The van der Waals surface area contributed by atoms with Gasteiger partial charge in [0.15, 0.2) is 0 Å². The van der Waals surface area contributed by atoms with E-state index < -0.39 is 17.7 Å². The number of hydrogen-bond acceptors (Lipinski definition) is 6. The normalized spacial score (nSPS) is 22.5. The summed E-state index contributed by atoms with van der Waals surface area (Å²) in [5.74, 6) is 1.29. The van der Waals surface area contributed by atoms with Gasteiger partial charge in [0.25, 0.3) is 0 Å². The maximum atomic E-state index is 13.8. The van der Waals surface area contributed by atoms with Crippen LogP contribution < -0.4 is 10.1 Å². The molecule has 0 bridgehead atoms. The highest BCUT2D eigenvalue weighted by Gasteiger charge is 2.55. The summed E-state index contributed by atoms with van der Waals surface area (Å²) in [6.45, 7) is 4.81. The molecule has 2 atom stereocenters. The first-order chi connectivity index (χ1) is 19.9. The molecule has 222 valence electrons. The number of nitrogens with one attached hydrogen (secondary N) is 1. The summed E-state index contributed by atoms with van der Waals surface area (Å²) >= 11 is 0. The van der Waals surface area contributed by atoms with Crippen molar-refractivity contribution in [3.05, 3.63) is 59.7 Å². The van der Waals surface area contributed by atoms with Gasteiger partial charge in [0.1, 0.15) is 23.1 Å². The molecule has 0 unspecified atom stereocenters. The van der Waals surface area contributed by atoms with Crippen LogP contribution in [-0.2, 0) is 22.7 Å². The fourth-order valence-corrected chi connectivity index (χ4v) is 6.80. The Labute approximate surface area is 243 Å². The van der Waals surface area contributed by atoms with Crippen LogP contribution >= 0.6 is 0 Å². The molecule has 1 spiro atoms. The summed E-state index contributed by atoms with van der Waals surface area (Å²) in [6.07, 6.45) is 7.29. The predicted octanol–water partition coefficient (Wildman–Crippen LogP) is 4.37. The van der Waals surface area contributed by atoms with Crippen molar-refractivity contribution >= 4 is 11.8 Å². The second-order valence-electron chi connectivity index (χ2n) is 12.0. The number of benzene rings is 2. The van der Waals surface area contributed by atoms with Gasteiger partial charge in [-0.25, -0.2) is 0 Å². The number of likely N-dealkylation sites (tertiary alicyclic amines) is 1. The van der Waals surface area contributed by atoms with Crippen molar-refractivity contribution in [1.82, 2.24) is 15.1 Å². The van der Waals surface area contributed by atoms with Gasteiger partial charge in [-0.3, -0.25) is 14.5 Å². The Bertz CT molecular complexity index is 1170. The molecule has 1 aliphatic carbocycles. The molecular formula is C33H45N3O5. The van der Waals surface area contributed by atoms with E-state index in [0.29, 0.717) is 38.2 Å². The largest absolute Gasteiger partial charge is 0.457 e. The fraction of sp³-hybridized carbons (Fsp3) is 0.576. The zero-order valence-electron chi connectivity index (χ0n) is 24.3. The lowest BCUT2D eigenvalue weighted by molar-refractivity contribution is -0.166. The summed E-state index contributed by atoms with van der Waals surface area (Å²) in [4.78, 5) is 31.7. The number of ether oxygens (including phenoxy) is 1. The van der Waals surface area contributed by atoms with E-state index in [4.69, 9.17) is 4.74 Å². The highest BCUT2D eigenvalue weighted by molar-refractivity contribution is 6.00. The second kappa shape index (κ2) is 13.4. The maximum absolute atomic E-state index is 13.8. The number of hydrogen-bond donors (Lipinski definition) is 3. The Hall–Kier alpha value is -2.94.